The van der Waals surface area contributed by atoms with Crippen LogP contribution in [0.15, 0.2) is 107 Å². The van der Waals surface area contributed by atoms with E-state index in [2.05, 4.69) is 20.9 Å². The third-order valence-electron chi connectivity index (χ3n) is 5.98. The van der Waals surface area contributed by atoms with Gasteiger partial charge in [-0.1, -0.05) is 71.7 Å². The van der Waals surface area contributed by atoms with Crippen LogP contribution >= 0.6 is 58.5 Å². The van der Waals surface area contributed by atoms with Gasteiger partial charge in [0.25, 0.3) is 0 Å². The Hall–Kier alpha value is -3.60. The second-order valence-electron chi connectivity index (χ2n) is 8.87. The van der Waals surface area contributed by atoms with Crippen molar-refractivity contribution in [2.75, 3.05) is 23.1 Å². The molecule has 0 saturated carbocycles. The van der Waals surface area contributed by atoms with Crippen LogP contribution in [-0.4, -0.2) is 23.1 Å². The summed E-state index contributed by atoms with van der Waals surface area (Å²) in [6.07, 6.45) is 0. The summed E-state index contributed by atoms with van der Waals surface area (Å²) in [7, 11) is 1.61. The first-order valence-electron chi connectivity index (χ1n) is 12.6. The van der Waals surface area contributed by atoms with Crippen molar-refractivity contribution in [3.05, 3.63) is 118 Å². The van der Waals surface area contributed by atoms with Crippen molar-refractivity contribution in [3.8, 4) is 17.0 Å². The van der Waals surface area contributed by atoms with Crippen LogP contribution in [0, 0.1) is 0 Å². The minimum Gasteiger partial charge on any atom is -0.495 e. The monoisotopic (exact) mass is 650 g/mol. The van der Waals surface area contributed by atoms with Crippen molar-refractivity contribution in [2.24, 2.45) is 0 Å². The first kappa shape index (κ1) is 29.9. The smallest absolute Gasteiger partial charge is 0.244 e. The van der Waals surface area contributed by atoms with Crippen LogP contribution in [0.25, 0.3) is 11.3 Å². The van der Waals surface area contributed by atoms with Crippen LogP contribution in [0.3, 0.4) is 0 Å². The molecular formula is C31H24Cl2N4O2S3. The Morgan fingerprint density at radius 1 is 0.929 bits per heavy atom. The van der Waals surface area contributed by atoms with Crippen LogP contribution in [-0.2, 0) is 4.79 Å². The molecule has 1 aromatic heterocycles. The topological polar surface area (TPSA) is 75.3 Å². The Balaban J connectivity index is 1.31. The molecule has 212 valence electrons. The number of para-hydroxylation sites is 2. The molecule has 1 heterocycles. The lowest BCUT2D eigenvalue weighted by Crippen LogP contribution is -2.20. The molecule has 3 N–H and O–H groups in total. The lowest BCUT2D eigenvalue weighted by atomic mass is 10.1. The molecule has 6 nitrogen and oxygen atoms in total. The summed E-state index contributed by atoms with van der Waals surface area (Å²) in [5.74, 6) is 0.493. The van der Waals surface area contributed by atoms with Crippen LogP contribution in [0.2, 0.25) is 10.0 Å². The molecule has 0 spiro atoms. The summed E-state index contributed by atoms with van der Waals surface area (Å²) in [4.78, 5) is 19.1. The van der Waals surface area contributed by atoms with Crippen molar-refractivity contribution in [2.45, 2.75) is 10.1 Å². The van der Waals surface area contributed by atoms with Crippen molar-refractivity contribution in [1.29, 1.82) is 0 Å². The third kappa shape index (κ3) is 7.61. The molecule has 1 amide bonds. The quantitative estimate of drug-likeness (QED) is 0.108. The van der Waals surface area contributed by atoms with Gasteiger partial charge in [-0.05, 0) is 66.3 Å². The third-order valence-corrected chi connectivity index (χ3v) is 8.74. The fraction of sp³-hybridized carbons (Fsp3) is 0.0645. The number of nitrogens with zero attached hydrogens (tertiary/aromatic N) is 1. The van der Waals surface area contributed by atoms with Gasteiger partial charge in [-0.25, -0.2) is 4.98 Å². The first-order valence-corrected chi connectivity index (χ1v) is 15.6. The van der Waals surface area contributed by atoms with Crippen LogP contribution in [0.1, 0.15) is 10.8 Å². The maximum absolute atomic E-state index is 13.6. The molecule has 5 aromatic rings. The fourth-order valence-corrected chi connectivity index (χ4v) is 6.57. The molecule has 11 heteroatoms. The van der Waals surface area contributed by atoms with Gasteiger partial charge >= 0.3 is 0 Å². The summed E-state index contributed by atoms with van der Waals surface area (Å²) in [5, 5.41) is 12.6. The zero-order valence-electron chi connectivity index (χ0n) is 22.1. The van der Waals surface area contributed by atoms with Gasteiger partial charge in [0, 0.05) is 26.5 Å². The molecule has 0 fully saturated rings. The number of ether oxygens (including phenoxy) is 1. The Morgan fingerprint density at radius 3 is 2.50 bits per heavy atom. The van der Waals surface area contributed by atoms with Gasteiger partial charge in [0.15, 0.2) is 10.2 Å². The number of nitrogens with one attached hydrogen (secondary N) is 3. The minimum atomic E-state index is -0.536. The highest BCUT2D eigenvalue weighted by molar-refractivity contribution is 8.00. The predicted octanol–water partition coefficient (Wildman–Crippen LogP) is 9.41. The largest absolute Gasteiger partial charge is 0.495 e. The van der Waals surface area contributed by atoms with Crippen molar-refractivity contribution in [1.82, 2.24) is 4.98 Å². The lowest BCUT2D eigenvalue weighted by molar-refractivity contribution is -0.115. The summed E-state index contributed by atoms with van der Waals surface area (Å²) < 4.78 is 5.39. The number of anilines is 3. The van der Waals surface area contributed by atoms with Gasteiger partial charge < -0.3 is 20.7 Å². The standard InChI is InChI=1S/C31H24Cl2N4O2S3/c1-39-27-13-6-5-12-25(27)35-30(40)34-21-10-7-11-22(17-21)42-28(19-8-3-2-4-9-19)29(38)37-31-36-26(18-41-31)23-15-14-20(32)16-24(23)33/h2-18,28H,1H3,(H2,34,35,40)(H,36,37,38). The van der Waals surface area contributed by atoms with Crippen LogP contribution in [0.5, 0.6) is 5.75 Å². The average Bonchev–Trinajstić information content (AvgIpc) is 3.44. The molecule has 0 radical (unpaired) electrons. The van der Waals surface area contributed by atoms with Gasteiger partial charge in [0.1, 0.15) is 11.0 Å². The number of benzene rings is 4. The van der Waals surface area contributed by atoms with E-state index in [9.17, 15) is 4.79 Å². The van der Waals surface area contributed by atoms with E-state index in [0.717, 1.165) is 27.4 Å². The molecule has 0 bridgehead atoms. The number of methoxy groups -OCH3 is 1. The van der Waals surface area contributed by atoms with Crippen LogP contribution in [0.4, 0.5) is 16.5 Å². The highest BCUT2D eigenvalue weighted by atomic mass is 35.5. The molecule has 1 unspecified atom stereocenters. The van der Waals surface area contributed by atoms with Crippen molar-refractivity contribution in [3.63, 3.8) is 0 Å². The Morgan fingerprint density at radius 2 is 1.71 bits per heavy atom. The number of amides is 1. The molecule has 42 heavy (non-hydrogen) atoms. The SMILES string of the molecule is COc1ccccc1NC(=S)Nc1cccc(SC(C(=O)Nc2nc(-c3ccc(Cl)cc3Cl)cs2)c2ccccc2)c1. The number of aromatic nitrogens is 1. The summed E-state index contributed by atoms with van der Waals surface area (Å²) >= 11 is 20.7. The Kier molecular flexibility index (Phi) is 9.99. The normalized spacial score (nSPS) is 11.4. The minimum absolute atomic E-state index is 0.193. The number of thiazole rings is 1. The van der Waals surface area contributed by atoms with Gasteiger partial charge in [0.2, 0.25) is 5.91 Å². The van der Waals surface area contributed by atoms with E-state index >= 15 is 0 Å². The Bertz CT molecular complexity index is 1720. The average molecular weight is 652 g/mol. The zero-order valence-corrected chi connectivity index (χ0v) is 26.1. The molecular weight excluding hydrogens is 627 g/mol. The summed E-state index contributed by atoms with van der Waals surface area (Å²) in [6.45, 7) is 0. The summed E-state index contributed by atoms with van der Waals surface area (Å²) in [6, 6.07) is 30.1. The molecule has 0 aliphatic rings. The maximum atomic E-state index is 13.6. The number of thiocarbonyl (C=S) groups is 1. The molecule has 0 aliphatic carbocycles. The van der Waals surface area contributed by atoms with E-state index in [-0.39, 0.29) is 5.91 Å². The molecule has 0 aliphatic heterocycles. The second-order valence-corrected chi connectivity index (χ2v) is 12.2. The number of halogens is 2. The number of carbonyl (C=O) groups is 1. The zero-order chi connectivity index (χ0) is 29.5. The van der Waals surface area contributed by atoms with Crippen molar-refractivity contribution >= 4 is 86.0 Å². The van der Waals surface area contributed by atoms with Gasteiger partial charge in [-0.2, -0.15) is 0 Å². The van der Waals surface area contributed by atoms with E-state index in [4.69, 9.17) is 40.2 Å². The second kappa shape index (κ2) is 14.0. The van der Waals surface area contributed by atoms with Gasteiger partial charge in [0.05, 0.1) is 23.5 Å². The highest BCUT2D eigenvalue weighted by Gasteiger charge is 2.23. The van der Waals surface area contributed by atoms with E-state index in [0.29, 0.717) is 31.7 Å². The number of hydrogen-bond donors (Lipinski definition) is 3. The lowest BCUT2D eigenvalue weighted by Gasteiger charge is -2.17. The molecule has 4 aromatic carbocycles. The first-order chi connectivity index (χ1) is 20.4. The molecule has 5 rings (SSSR count). The number of hydrogen-bond acceptors (Lipinski definition) is 6. The highest BCUT2D eigenvalue weighted by Crippen LogP contribution is 2.38. The number of carbonyl (C=O) groups excluding carboxylic acids is 1. The van der Waals surface area contributed by atoms with E-state index in [1.54, 1.807) is 19.2 Å². The van der Waals surface area contributed by atoms with Crippen molar-refractivity contribution < 1.29 is 9.53 Å². The number of thioether (sulfide) groups is 1. The molecule has 0 saturated heterocycles. The Labute approximate surface area is 267 Å². The summed E-state index contributed by atoms with van der Waals surface area (Å²) in [5.41, 5.74) is 3.81. The van der Waals surface area contributed by atoms with E-state index < -0.39 is 5.25 Å². The van der Waals surface area contributed by atoms with E-state index in [1.165, 1.54) is 23.1 Å². The maximum Gasteiger partial charge on any atom is 0.244 e. The van der Waals surface area contributed by atoms with E-state index in [1.807, 2.05) is 90.3 Å². The van der Waals surface area contributed by atoms with Gasteiger partial charge in [-0.15, -0.1) is 23.1 Å². The van der Waals surface area contributed by atoms with Gasteiger partial charge in [-0.3, -0.25) is 4.79 Å². The fourth-order valence-electron chi connectivity index (χ4n) is 4.04. The molecule has 1 atom stereocenters. The van der Waals surface area contributed by atoms with Crippen LogP contribution < -0.4 is 20.7 Å². The predicted molar refractivity (Wildman–Crippen MR) is 181 cm³/mol. The number of rotatable bonds is 9.